The maximum Gasteiger partial charge on any atom is 0.412 e. The smallest absolute Gasteiger partial charge is 0.412 e. The number of nitro groups is 1. The van der Waals surface area contributed by atoms with E-state index in [0.29, 0.717) is 6.08 Å². The molecular formula is C20H17F3N4O5. The fraction of sp³-hybridized carbons (Fsp3) is 0.250. The van der Waals surface area contributed by atoms with E-state index in [9.17, 15) is 38.0 Å². The summed E-state index contributed by atoms with van der Waals surface area (Å²) in [5.41, 5.74) is -2.78. The second-order valence-corrected chi connectivity index (χ2v) is 6.70. The van der Waals surface area contributed by atoms with Gasteiger partial charge in [0, 0.05) is 23.0 Å². The van der Waals surface area contributed by atoms with Crippen LogP contribution in [0.4, 0.5) is 23.7 Å². The minimum Gasteiger partial charge on any atom is -0.478 e. The second kappa shape index (κ2) is 8.93. The third-order valence-electron chi connectivity index (χ3n) is 4.75. The van der Waals surface area contributed by atoms with E-state index < -0.39 is 46.0 Å². The van der Waals surface area contributed by atoms with Gasteiger partial charge in [0.2, 0.25) is 0 Å². The number of hydrogen-bond acceptors (Lipinski definition) is 5. The molecule has 1 atom stereocenters. The van der Waals surface area contributed by atoms with Gasteiger partial charge < -0.3 is 10.4 Å². The van der Waals surface area contributed by atoms with Crippen molar-refractivity contribution in [3.8, 4) is 6.07 Å². The lowest BCUT2D eigenvalue weighted by molar-refractivity contribution is -0.385. The Labute approximate surface area is 179 Å². The van der Waals surface area contributed by atoms with Crippen LogP contribution in [0.25, 0.3) is 0 Å². The first-order valence-corrected chi connectivity index (χ1v) is 8.98. The molecule has 12 heteroatoms. The summed E-state index contributed by atoms with van der Waals surface area (Å²) >= 11 is 0. The Bertz CT molecular complexity index is 1130. The summed E-state index contributed by atoms with van der Waals surface area (Å²) in [6.45, 7) is 3.38. The summed E-state index contributed by atoms with van der Waals surface area (Å²) in [6.07, 6.45) is -2.78. The molecule has 168 valence electrons. The van der Waals surface area contributed by atoms with Crippen molar-refractivity contribution in [2.75, 3.05) is 0 Å². The van der Waals surface area contributed by atoms with Gasteiger partial charge in [-0.2, -0.15) is 18.4 Å². The Morgan fingerprint density at radius 2 is 2.03 bits per heavy atom. The number of carboxylic acid groups (broad SMARTS) is 1. The molecule has 1 unspecified atom stereocenters. The molecule has 1 aliphatic rings. The van der Waals surface area contributed by atoms with E-state index in [4.69, 9.17) is 5.26 Å². The van der Waals surface area contributed by atoms with Crippen molar-refractivity contribution in [3.63, 3.8) is 0 Å². The molecule has 0 radical (unpaired) electrons. The van der Waals surface area contributed by atoms with Crippen LogP contribution in [0.2, 0.25) is 0 Å². The molecule has 2 rings (SSSR count). The van der Waals surface area contributed by atoms with Gasteiger partial charge in [0.1, 0.15) is 0 Å². The Kier molecular flexibility index (Phi) is 6.73. The van der Waals surface area contributed by atoms with Gasteiger partial charge in [-0.3, -0.25) is 15.0 Å². The number of nitrogens with zero attached hydrogens (tertiary/aromatic N) is 3. The molecule has 0 bridgehead atoms. The number of hydrogen-bond donors (Lipinski definition) is 2. The van der Waals surface area contributed by atoms with Gasteiger partial charge in [0.05, 0.1) is 33.7 Å². The molecule has 32 heavy (non-hydrogen) atoms. The number of amides is 2. The number of nitrogens with one attached hydrogen (secondary N) is 1. The van der Waals surface area contributed by atoms with Crippen LogP contribution in [0.5, 0.6) is 0 Å². The highest BCUT2D eigenvalue weighted by atomic mass is 19.4. The van der Waals surface area contributed by atoms with Crippen LogP contribution in [-0.4, -0.2) is 33.1 Å². The number of nitriles is 1. The largest absolute Gasteiger partial charge is 0.478 e. The molecule has 2 amide bonds. The molecular weight excluding hydrogens is 433 g/mol. The summed E-state index contributed by atoms with van der Waals surface area (Å²) in [6, 6.07) is 2.59. The molecule has 0 aromatic heterocycles. The number of halogens is 3. The standard InChI is InChI=1S/C20H17F3N4O5/c1-4-13(7-10(2)20(21,22)23)26-11(3)16(18(28)29)17(25-19(26)30)14-6-5-12(9-24)8-15(14)27(31)32/h4-8,17H,1-3H3,(H,25,30)(H,28,29)/b10-7+,13-4+. The number of allylic oxidation sites excluding steroid dienone is 4. The van der Waals surface area contributed by atoms with Crippen LogP contribution in [0.15, 0.2) is 52.9 Å². The molecule has 0 aliphatic carbocycles. The number of benzene rings is 1. The van der Waals surface area contributed by atoms with Crippen molar-refractivity contribution in [2.45, 2.75) is 33.0 Å². The Hall–Kier alpha value is -4.14. The fourth-order valence-electron chi connectivity index (χ4n) is 3.16. The summed E-state index contributed by atoms with van der Waals surface area (Å²) in [5, 5.41) is 32.6. The van der Waals surface area contributed by atoms with Crippen LogP contribution in [0.1, 0.15) is 37.9 Å². The van der Waals surface area contributed by atoms with Crippen LogP contribution >= 0.6 is 0 Å². The number of nitro benzene ring substituents is 1. The summed E-state index contributed by atoms with van der Waals surface area (Å²) < 4.78 is 38.9. The van der Waals surface area contributed by atoms with E-state index in [1.807, 2.05) is 0 Å². The minimum absolute atomic E-state index is 0.0502. The van der Waals surface area contributed by atoms with Crippen molar-refractivity contribution in [3.05, 3.63) is 74.1 Å². The van der Waals surface area contributed by atoms with Gasteiger partial charge in [-0.05, 0) is 39.0 Å². The molecule has 0 saturated carbocycles. The van der Waals surface area contributed by atoms with E-state index in [-0.39, 0.29) is 22.5 Å². The average Bonchev–Trinajstić information content (AvgIpc) is 2.70. The predicted molar refractivity (Wildman–Crippen MR) is 105 cm³/mol. The van der Waals surface area contributed by atoms with Gasteiger partial charge in [-0.1, -0.05) is 6.08 Å². The Balaban J connectivity index is 2.71. The molecule has 0 fully saturated rings. The van der Waals surface area contributed by atoms with E-state index in [1.165, 1.54) is 26.0 Å². The van der Waals surface area contributed by atoms with Crippen LogP contribution < -0.4 is 5.32 Å². The number of carboxylic acids is 1. The van der Waals surface area contributed by atoms with Crippen molar-refractivity contribution >= 4 is 17.7 Å². The number of carbonyl (C=O) groups is 2. The van der Waals surface area contributed by atoms with E-state index in [0.717, 1.165) is 24.0 Å². The number of urea groups is 1. The quantitative estimate of drug-likeness (QED) is 0.390. The summed E-state index contributed by atoms with van der Waals surface area (Å²) in [5.74, 6) is -1.54. The topological polar surface area (TPSA) is 137 Å². The number of alkyl halides is 3. The normalized spacial score (nSPS) is 17.7. The molecule has 0 saturated heterocycles. The Morgan fingerprint density at radius 3 is 2.50 bits per heavy atom. The monoisotopic (exact) mass is 450 g/mol. The first-order chi connectivity index (χ1) is 14.8. The van der Waals surface area contributed by atoms with Crippen molar-refractivity contribution in [1.82, 2.24) is 10.2 Å². The lowest BCUT2D eigenvalue weighted by Gasteiger charge is -2.35. The molecule has 9 nitrogen and oxygen atoms in total. The first-order valence-electron chi connectivity index (χ1n) is 8.98. The molecule has 0 spiro atoms. The van der Waals surface area contributed by atoms with Gasteiger partial charge in [0.15, 0.2) is 0 Å². The van der Waals surface area contributed by atoms with Crippen LogP contribution in [0.3, 0.4) is 0 Å². The second-order valence-electron chi connectivity index (χ2n) is 6.70. The lowest BCUT2D eigenvalue weighted by Crippen LogP contribution is -2.47. The molecule has 1 aliphatic heterocycles. The third kappa shape index (κ3) is 4.61. The maximum absolute atomic E-state index is 13.0. The average molecular weight is 450 g/mol. The van der Waals surface area contributed by atoms with Gasteiger partial charge in [-0.25, -0.2) is 9.59 Å². The highest BCUT2D eigenvalue weighted by molar-refractivity contribution is 5.95. The molecule has 2 N–H and O–H groups in total. The molecule has 1 aromatic carbocycles. The minimum atomic E-state index is -4.67. The summed E-state index contributed by atoms with van der Waals surface area (Å²) in [7, 11) is 0. The first kappa shape index (κ1) is 24.1. The predicted octanol–water partition coefficient (Wildman–Crippen LogP) is 4.30. The van der Waals surface area contributed by atoms with E-state index in [1.54, 1.807) is 6.07 Å². The van der Waals surface area contributed by atoms with Crippen LogP contribution in [0, 0.1) is 21.4 Å². The zero-order valence-electron chi connectivity index (χ0n) is 17.0. The van der Waals surface area contributed by atoms with Gasteiger partial charge in [-0.15, -0.1) is 0 Å². The number of rotatable bonds is 5. The summed E-state index contributed by atoms with van der Waals surface area (Å²) in [4.78, 5) is 36.3. The van der Waals surface area contributed by atoms with E-state index in [2.05, 4.69) is 5.32 Å². The van der Waals surface area contributed by atoms with Gasteiger partial charge >= 0.3 is 18.2 Å². The fourth-order valence-corrected chi connectivity index (χ4v) is 3.16. The SMILES string of the molecule is C/C=C(\C=C(/C)C(F)(F)F)N1C(=O)NC(c2ccc(C#N)cc2[N+](=O)[O-])C(C(=O)O)=C1C. The van der Waals surface area contributed by atoms with Crippen LogP contribution in [-0.2, 0) is 4.79 Å². The highest BCUT2D eigenvalue weighted by Gasteiger charge is 2.40. The molecule has 1 aromatic rings. The number of aliphatic carboxylic acids is 1. The number of carbonyl (C=O) groups excluding carboxylic acids is 1. The lowest BCUT2D eigenvalue weighted by atomic mass is 9.92. The zero-order chi connectivity index (χ0) is 24.4. The van der Waals surface area contributed by atoms with Crippen molar-refractivity contribution in [2.24, 2.45) is 0 Å². The van der Waals surface area contributed by atoms with Gasteiger partial charge in [0.25, 0.3) is 5.69 Å². The van der Waals surface area contributed by atoms with Crippen molar-refractivity contribution < 1.29 is 32.8 Å². The molecule has 1 heterocycles. The highest BCUT2D eigenvalue weighted by Crippen LogP contribution is 2.37. The maximum atomic E-state index is 13.0. The van der Waals surface area contributed by atoms with Crippen molar-refractivity contribution in [1.29, 1.82) is 5.26 Å². The van der Waals surface area contributed by atoms with E-state index >= 15 is 0 Å². The third-order valence-corrected chi connectivity index (χ3v) is 4.75. The Morgan fingerprint density at radius 1 is 1.41 bits per heavy atom. The zero-order valence-corrected chi connectivity index (χ0v) is 17.0.